The van der Waals surface area contributed by atoms with Crippen molar-refractivity contribution in [3.05, 3.63) is 122 Å². The number of hydrogen-bond acceptors (Lipinski definition) is 5. The van der Waals surface area contributed by atoms with Crippen molar-refractivity contribution in [2.75, 3.05) is 40.9 Å². The molecule has 3 unspecified atom stereocenters. The Morgan fingerprint density at radius 3 is 1.14 bits per heavy atom. The summed E-state index contributed by atoms with van der Waals surface area (Å²) in [6, 6.07) is -0.888. The molecule has 0 aliphatic rings. The van der Waals surface area contributed by atoms with Gasteiger partial charge in [0.1, 0.15) is 13.2 Å². The molecule has 3 N–H and O–H groups in total. The number of aliphatic hydroxyl groups excluding tert-OH is 1. The fourth-order valence-corrected chi connectivity index (χ4v) is 9.13. The molecule has 0 fully saturated rings. The van der Waals surface area contributed by atoms with Gasteiger partial charge >= 0.3 is 7.82 Å². The molecule has 0 aromatic rings. The van der Waals surface area contributed by atoms with E-state index in [0.29, 0.717) is 17.4 Å². The van der Waals surface area contributed by atoms with Crippen LogP contribution >= 0.6 is 7.82 Å². The van der Waals surface area contributed by atoms with Crippen LogP contribution in [0.15, 0.2) is 122 Å². The van der Waals surface area contributed by atoms with Crippen LogP contribution in [0.25, 0.3) is 0 Å². The molecule has 1 amide bonds. The van der Waals surface area contributed by atoms with Gasteiger partial charge in [0.15, 0.2) is 0 Å². The largest absolute Gasteiger partial charge is 0.472 e. The van der Waals surface area contributed by atoms with E-state index in [1.54, 1.807) is 6.08 Å². The number of aliphatic hydroxyl groups is 1. The highest BCUT2D eigenvalue weighted by atomic mass is 31.2. The maximum absolute atomic E-state index is 13.0. The van der Waals surface area contributed by atoms with Crippen LogP contribution in [0.1, 0.15) is 245 Å². The molecule has 0 bridgehead atoms. The molecule has 0 heterocycles. The summed E-state index contributed by atoms with van der Waals surface area (Å²) in [5.74, 6) is -0.237. The SMILES string of the molecule is CC/C=C\C/C=C\C/C=C\C/C=C\C/C=C\C/C=C\C/C=C\C/C=C\C/C=C\CCCC(=O)NC(COP(=O)(O)OCC[N+](C)(C)C)C(O)/C=C/CCCCCCCCCCCCCCCCCCCCCCCCC. The van der Waals surface area contributed by atoms with E-state index in [9.17, 15) is 19.4 Å². The summed E-state index contributed by atoms with van der Waals surface area (Å²) in [5, 5.41) is 13.9. The van der Waals surface area contributed by atoms with Crippen LogP contribution in [-0.2, 0) is 18.4 Å². The standard InChI is InChI=1S/C67H117N2O6P/c1-6-8-10-12-14-16-18-20-22-24-26-28-30-32-33-34-35-37-39-41-43-45-47-49-51-53-55-57-59-61-67(71)68-65(64-75-76(72,73)74-63-62-69(3,4)5)66(70)60-58-56-54-52-50-48-46-44-42-40-38-36-31-29-27-25-23-21-19-17-15-13-11-9-7-2/h8,10,14,16,20,22,26,28,32-33,35,37,41,43,47,49,53,55,58,60,65-66,70H,6-7,9,11-13,15,17-19,21,23-25,27,29-31,34,36,38-40,42,44-46,48,50-52,54,56-57,59,61-64H2,1-5H3,(H-,68,71,72,73)/p+1/b10-8-,16-14-,22-20-,28-26-,33-32-,37-35-,43-41-,49-47-,55-53-,60-58+. The van der Waals surface area contributed by atoms with Crippen molar-refractivity contribution < 1.29 is 32.9 Å². The summed E-state index contributed by atoms with van der Waals surface area (Å²) in [5.41, 5.74) is 0. The molecule has 9 heteroatoms. The second-order valence-corrected chi connectivity index (χ2v) is 23.2. The van der Waals surface area contributed by atoms with Crippen molar-refractivity contribution in [3.8, 4) is 0 Å². The first-order valence-corrected chi connectivity index (χ1v) is 32.4. The molecule has 0 aliphatic heterocycles. The molecule has 0 rings (SSSR count). The van der Waals surface area contributed by atoms with Gasteiger partial charge in [0, 0.05) is 6.42 Å². The molecule has 0 spiro atoms. The number of carbonyl (C=O) groups excluding carboxylic acids is 1. The van der Waals surface area contributed by atoms with Gasteiger partial charge < -0.3 is 19.8 Å². The Hall–Kier alpha value is -3.10. The van der Waals surface area contributed by atoms with Gasteiger partial charge in [0.25, 0.3) is 0 Å². The fraction of sp³-hybridized carbons (Fsp3) is 0.687. The van der Waals surface area contributed by atoms with E-state index in [1.807, 2.05) is 27.2 Å². The number of nitrogens with zero attached hydrogens (tertiary/aromatic N) is 1. The van der Waals surface area contributed by atoms with E-state index < -0.39 is 20.0 Å². The van der Waals surface area contributed by atoms with Crippen molar-refractivity contribution in [3.63, 3.8) is 0 Å². The molecule has 0 saturated heterocycles. The van der Waals surface area contributed by atoms with Gasteiger partial charge in [-0.1, -0.05) is 277 Å². The number of rotatable bonds is 55. The number of phosphoric acid groups is 1. The number of hydrogen-bond donors (Lipinski definition) is 3. The van der Waals surface area contributed by atoms with Crippen LogP contribution < -0.4 is 5.32 Å². The van der Waals surface area contributed by atoms with Crippen LogP contribution in [0.4, 0.5) is 0 Å². The smallest absolute Gasteiger partial charge is 0.387 e. The number of unbranched alkanes of at least 4 members (excludes halogenated alkanes) is 24. The van der Waals surface area contributed by atoms with Crippen molar-refractivity contribution in [1.29, 1.82) is 0 Å². The van der Waals surface area contributed by atoms with Crippen LogP contribution in [0.3, 0.4) is 0 Å². The first kappa shape index (κ1) is 72.9. The number of quaternary nitrogens is 1. The zero-order chi connectivity index (χ0) is 55.6. The summed E-state index contributed by atoms with van der Waals surface area (Å²) in [4.78, 5) is 23.3. The molecule has 3 atom stereocenters. The van der Waals surface area contributed by atoms with Crippen molar-refractivity contribution in [2.45, 2.75) is 257 Å². The lowest BCUT2D eigenvalue weighted by atomic mass is 10.0. The lowest BCUT2D eigenvalue weighted by molar-refractivity contribution is -0.870. The van der Waals surface area contributed by atoms with Crippen LogP contribution in [0, 0.1) is 0 Å². The highest BCUT2D eigenvalue weighted by Gasteiger charge is 2.27. The van der Waals surface area contributed by atoms with Gasteiger partial charge in [-0.05, 0) is 83.5 Å². The summed E-state index contributed by atoms with van der Waals surface area (Å²) < 4.78 is 23.7. The van der Waals surface area contributed by atoms with Gasteiger partial charge in [-0.25, -0.2) is 4.57 Å². The predicted octanol–water partition coefficient (Wildman–Crippen LogP) is 19.3. The van der Waals surface area contributed by atoms with E-state index >= 15 is 0 Å². The fourth-order valence-electron chi connectivity index (χ4n) is 8.40. The molecular weight excluding hydrogens is 960 g/mol. The van der Waals surface area contributed by atoms with Gasteiger partial charge in [-0.3, -0.25) is 13.8 Å². The van der Waals surface area contributed by atoms with Gasteiger partial charge in [-0.15, -0.1) is 0 Å². The van der Waals surface area contributed by atoms with E-state index in [2.05, 4.69) is 129 Å². The Morgan fingerprint density at radius 1 is 0.461 bits per heavy atom. The number of likely N-dealkylation sites (N-methyl/N-ethyl adjacent to an activating group) is 1. The van der Waals surface area contributed by atoms with E-state index in [0.717, 1.165) is 83.5 Å². The Labute approximate surface area is 469 Å². The molecular formula is C67H118N2O6P+. The van der Waals surface area contributed by atoms with E-state index in [-0.39, 0.29) is 25.5 Å². The maximum Gasteiger partial charge on any atom is 0.472 e. The Balaban J connectivity index is 4.33. The van der Waals surface area contributed by atoms with Crippen LogP contribution in [-0.4, -0.2) is 73.4 Å². The molecule has 0 aromatic carbocycles. The second-order valence-electron chi connectivity index (χ2n) is 21.7. The summed E-state index contributed by atoms with van der Waals surface area (Å²) >= 11 is 0. The highest BCUT2D eigenvalue weighted by molar-refractivity contribution is 7.47. The third-order valence-corrected chi connectivity index (χ3v) is 14.2. The number of allylic oxidation sites excluding steroid dienone is 19. The summed E-state index contributed by atoms with van der Waals surface area (Å²) in [6.07, 6.45) is 84.6. The summed E-state index contributed by atoms with van der Waals surface area (Å²) in [7, 11) is 1.52. The minimum Gasteiger partial charge on any atom is -0.387 e. The van der Waals surface area contributed by atoms with E-state index in [1.165, 1.54) is 135 Å². The Morgan fingerprint density at radius 2 is 0.789 bits per heavy atom. The van der Waals surface area contributed by atoms with Crippen LogP contribution in [0.2, 0.25) is 0 Å². The molecule has 436 valence electrons. The van der Waals surface area contributed by atoms with Gasteiger partial charge in [0.05, 0.1) is 39.9 Å². The molecule has 0 saturated carbocycles. The topological polar surface area (TPSA) is 105 Å². The average Bonchev–Trinajstić information content (AvgIpc) is 3.38. The van der Waals surface area contributed by atoms with Crippen molar-refractivity contribution in [1.82, 2.24) is 5.32 Å². The Kier molecular flexibility index (Phi) is 54.3. The summed E-state index contributed by atoms with van der Waals surface area (Å²) in [6.45, 7) is 4.66. The van der Waals surface area contributed by atoms with Crippen molar-refractivity contribution >= 4 is 13.7 Å². The van der Waals surface area contributed by atoms with Gasteiger partial charge in [-0.2, -0.15) is 0 Å². The zero-order valence-electron chi connectivity index (χ0n) is 49.7. The lowest BCUT2D eigenvalue weighted by Gasteiger charge is -2.25. The second kappa shape index (κ2) is 56.6. The molecule has 0 radical (unpaired) electrons. The molecule has 0 aromatic heterocycles. The number of carbonyl (C=O) groups is 1. The highest BCUT2D eigenvalue weighted by Crippen LogP contribution is 2.43. The zero-order valence-corrected chi connectivity index (χ0v) is 50.6. The minimum absolute atomic E-state index is 0.0441. The van der Waals surface area contributed by atoms with Crippen molar-refractivity contribution in [2.24, 2.45) is 0 Å². The minimum atomic E-state index is -4.38. The lowest BCUT2D eigenvalue weighted by Crippen LogP contribution is -2.45. The molecule has 0 aliphatic carbocycles. The number of amides is 1. The monoisotopic (exact) mass is 1080 g/mol. The van der Waals surface area contributed by atoms with E-state index in [4.69, 9.17) is 9.05 Å². The quantitative estimate of drug-likeness (QED) is 0.0243. The normalized spacial score (nSPS) is 14.7. The first-order chi connectivity index (χ1) is 37.0. The first-order valence-electron chi connectivity index (χ1n) is 30.9. The third kappa shape index (κ3) is 58.6. The van der Waals surface area contributed by atoms with Crippen LogP contribution in [0.5, 0.6) is 0 Å². The molecule has 76 heavy (non-hydrogen) atoms. The maximum atomic E-state index is 13.0. The number of nitrogens with one attached hydrogen (secondary N) is 1. The predicted molar refractivity (Wildman–Crippen MR) is 332 cm³/mol. The molecule has 8 nitrogen and oxygen atoms in total. The number of phosphoric ester groups is 1. The average molecular weight is 1080 g/mol. The third-order valence-electron chi connectivity index (χ3n) is 13.2. The van der Waals surface area contributed by atoms with Gasteiger partial charge in [0.2, 0.25) is 5.91 Å². The Bertz CT molecular complexity index is 1650.